The molecule has 0 saturated heterocycles. The maximum atomic E-state index is 11.2. The zero-order valence-corrected chi connectivity index (χ0v) is 15.6. The second-order valence-corrected chi connectivity index (χ2v) is 7.52. The van der Waals surface area contributed by atoms with Crippen LogP contribution in [0.15, 0.2) is 60.2 Å². The average Bonchev–Trinajstić information content (AvgIpc) is 2.63. The van der Waals surface area contributed by atoms with Crippen molar-refractivity contribution in [2.75, 3.05) is 20.6 Å². The zero-order chi connectivity index (χ0) is 18.5. The lowest BCUT2D eigenvalue weighted by Crippen LogP contribution is -2.29. The van der Waals surface area contributed by atoms with E-state index < -0.39 is 5.97 Å². The van der Waals surface area contributed by atoms with Crippen LogP contribution in [0.2, 0.25) is 0 Å². The summed E-state index contributed by atoms with van der Waals surface area (Å²) in [4.78, 5) is 13.5. The predicted molar refractivity (Wildman–Crippen MR) is 106 cm³/mol. The summed E-state index contributed by atoms with van der Waals surface area (Å²) < 4.78 is 0. The molecule has 0 unspecified atom stereocenters. The normalized spacial score (nSPS) is 21.9. The average molecular weight is 349 g/mol. The molecule has 0 amide bonds. The SMILES string of the molecule is CN(C)C[C@H]1CC/C(=C\c2cccc(C(=O)O)c2)C[C@H]1c1ccccc1. The minimum absolute atomic E-state index is 0.347. The molecule has 1 N–H and O–H groups in total. The lowest BCUT2D eigenvalue weighted by molar-refractivity contribution is 0.0697. The van der Waals surface area contributed by atoms with Gasteiger partial charge in [-0.25, -0.2) is 4.79 Å². The Balaban J connectivity index is 1.85. The third kappa shape index (κ3) is 4.61. The molecule has 3 rings (SSSR count). The molecular weight excluding hydrogens is 322 g/mol. The van der Waals surface area contributed by atoms with Crippen molar-refractivity contribution in [2.24, 2.45) is 5.92 Å². The number of carbonyl (C=O) groups is 1. The molecule has 2 aromatic carbocycles. The van der Waals surface area contributed by atoms with Crippen molar-refractivity contribution < 1.29 is 9.90 Å². The molecule has 0 spiro atoms. The zero-order valence-electron chi connectivity index (χ0n) is 15.6. The Morgan fingerprint density at radius 3 is 2.62 bits per heavy atom. The fraction of sp³-hybridized carbons (Fsp3) is 0.348. The van der Waals surface area contributed by atoms with Gasteiger partial charge in [0.1, 0.15) is 0 Å². The van der Waals surface area contributed by atoms with Crippen molar-refractivity contribution in [3.8, 4) is 0 Å². The first-order valence-corrected chi connectivity index (χ1v) is 9.25. The Bertz CT molecular complexity index is 780. The highest BCUT2D eigenvalue weighted by molar-refractivity contribution is 5.88. The number of carboxylic acid groups (broad SMARTS) is 1. The van der Waals surface area contributed by atoms with Crippen LogP contribution in [0.1, 0.15) is 46.7 Å². The summed E-state index contributed by atoms with van der Waals surface area (Å²) in [6.45, 7) is 1.10. The van der Waals surface area contributed by atoms with E-state index >= 15 is 0 Å². The fourth-order valence-electron chi connectivity index (χ4n) is 4.03. The highest BCUT2D eigenvalue weighted by Gasteiger charge is 2.29. The maximum absolute atomic E-state index is 11.2. The molecular formula is C23H27NO2. The summed E-state index contributed by atoms with van der Waals surface area (Å²) in [7, 11) is 4.29. The maximum Gasteiger partial charge on any atom is 0.335 e. The molecule has 3 nitrogen and oxygen atoms in total. The molecule has 0 heterocycles. The smallest absolute Gasteiger partial charge is 0.335 e. The van der Waals surface area contributed by atoms with Crippen LogP contribution < -0.4 is 0 Å². The van der Waals surface area contributed by atoms with Crippen molar-refractivity contribution in [3.05, 3.63) is 76.9 Å². The Hall–Kier alpha value is -2.39. The van der Waals surface area contributed by atoms with Crippen LogP contribution in [0.4, 0.5) is 0 Å². The lowest BCUT2D eigenvalue weighted by Gasteiger charge is -2.35. The van der Waals surface area contributed by atoms with Gasteiger partial charge in [0, 0.05) is 6.54 Å². The number of hydrogen-bond acceptors (Lipinski definition) is 2. The van der Waals surface area contributed by atoms with Crippen LogP contribution in [0.25, 0.3) is 6.08 Å². The molecule has 0 aromatic heterocycles. The first kappa shape index (κ1) is 18.4. The van der Waals surface area contributed by atoms with E-state index in [0.29, 0.717) is 17.4 Å². The van der Waals surface area contributed by atoms with E-state index in [4.69, 9.17) is 0 Å². The summed E-state index contributed by atoms with van der Waals surface area (Å²) in [6, 6.07) is 18.0. The van der Waals surface area contributed by atoms with Gasteiger partial charge < -0.3 is 10.0 Å². The Kier molecular flexibility index (Phi) is 5.89. The fourth-order valence-corrected chi connectivity index (χ4v) is 4.03. The number of allylic oxidation sites excluding steroid dienone is 1. The van der Waals surface area contributed by atoms with Crippen molar-refractivity contribution in [1.29, 1.82) is 0 Å². The van der Waals surface area contributed by atoms with Gasteiger partial charge in [-0.05, 0) is 68.5 Å². The second-order valence-electron chi connectivity index (χ2n) is 7.52. The number of nitrogens with zero attached hydrogens (tertiary/aromatic N) is 1. The van der Waals surface area contributed by atoms with Gasteiger partial charge in [-0.1, -0.05) is 54.1 Å². The number of hydrogen-bond donors (Lipinski definition) is 1. The molecule has 0 bridgehead atoms. The molecule has 1 fully saturated rings. The lowest BCUT2D eigenvalue weighted by atomic mass is 9.73. The van der Waals surface area contributed by atoms with Crippen LogP contribution in [0.5, 0.6) is 0 Å². The van der Waals surface area contributed by atoms with E-state index in [2.05, 4.69) is 55.4 Å². The van der Waals surface area contributed by atoms with E-state index in [0.717, 1.165) is 24.9 Å². The summed E-state index contributed by atoms with van der Waals surface area (Å²) >= 11 is 0. The van der Waals surface area contributed by atoms with Crippen LogP contribution in [-0.2, 0) is 0 Å². The summed E-state index contributed by atoms with van der Waals surface area (Å²) in [5.74, 6) is 0.290. The number of benzene rings is 2. The minimum Gasteiger partial charge on any atom is -0.478 e. The second kappa shape index (κ2) is 8.33. The van der Waals surface area contributed by atoms with Gasteiger partial charge in [0.05, 0.1) is 5.56 Å². The monoisotopic (exact) mass is 349 g/mol. The van der Waals surface area contributed by atoms with Crippen LogP contribution in [-0.4, -0.2) is 36.6 Å². The topological polar surface area (TPSA) is 40.5 Å². The first-order chi connectivity index (χ1) is 12.5. The van der Waals surface area contributed by atoms with E-state index in [1.807, 2.05) is 12.1 Å². The van der Waals surface area contributed by atoms with Gasteiger partial charge >= 0.3 is 5.97 Å². The van der Waals surface area contributed by atoms with Gasteiger partial charge in [-0.15, -0.1) is 0 Å². The minimum atomic E-state index is -0.873. The van der Waals surface area contributed by atoms with E-state index in [1.165, 1.54) is 17.6 Å². The van der Waals surface area contributed by atoms with E-state index in [1.54, 1.807) is 12.1 Å². The largest absolute Gasteiger partial charge is 0.478 e. The van der Waals surface area contributed by atoms with Gasteiger partial charge in [0.15, 0.2) is 0 Å². The molecule has 136 valence electrons. The Labute approximate surface area is 156 Å². The van der Waals surface area contributed by atoms with Crippen LogP contribution in [0.3, 0.4) is 0 Å². The standard InChI is InChI=1S/C23H27NO2/c1-24(2)16-21-12-11-18(15-22(21)19-8-4-3-5-9-19)13-17-7-6-10-20(14-17)23(25)26/h3-10,13-14,21-22H,11-12,15-16H2,1-2H3,(H,25,26)/b18-13+/t21-,22+/m1/s1. The quantitative estimate of drug-likeness (QED) is 0.833. The summed E-state index contributed by atoms with van der Waals surface area (Å²) in [5.41, 5.74) is 4.15. The van der Waals surface area contributed by atoms with Gasteiger partial charge in [-0.2, -0.15) is 0 Å². The van der Waals surface area contributed by atoms with Crippen LogP contribution >= 0.6 is 0 Å². The number of carboxylic acids is 1. The molecule has 26 heavy (non-hydrogen) atoms. The van der Waals surface area contributed by atoms with Gasteiger partial charge in [0.2, 0.25) is 0 Å². The Morgan fingerprint density at radius 2 is 1.92 bits per heavy atom. The predicted octanol–water partition coefficient (Wildman–Crippen LogP) is 4.91. The van der Waals surface area contributed by atoms with E-state index in [-0.39, 0.29) is 0 Å². The molecule has 1 aliphatic rings. The Morgan fingerprint density at radius 1 is 1.15 bits per heavy atom. The van der Waals surface area contributed by atoms with Crippen molar-refractivity contribution in [2.45, 2.75) is 25.2 Å². The molecule has 0 radical (unpaired) electrons. The molecule has 1 aliphatic carbocycles. The van der Waals surface area contributed by atoms with Crippen molar-refractivity contribution >= 4 is 12.0 Å². The molecule has 2 aromatic rings. The van der Waals surface area contributed by atoms with Crippen LogP contribution in [0, 0.1) is 5.92 Å². The summed E-state index contributed by atoms with van der Waals surface area (Å²) in [5, 5.41) is 9.20. The van der Waals surface area contributed by atoms with Gasteiger partial charge in [-0.3, -0.25) is 0 Å². The third-order valence-corrected chi connectivity index (χ3v) is 5.22. The molecule has 1 saturated carbocycles. The summed E-state index contributed by atoms with van der Waals surface area (Å²) in [6.07, 6.45) is 5.48. The van der Waals surface area contributed by atoms with Gasteiger partial charge in [0.25, 0.3) is 0 Å². The third-order valence-electron chi connectivity index (χ3n) is 5.22. The van der Waals surface area contributed by atoms with E-state index in [9.17, 15) is 9.90 Å². The highest BCUT2D eigenvalue weighted by Crippen LogP contribution is 2.41. The molecule has 3 heteroatoms. The first-order valence-electron chi connectivity index (χ1n) is 9.25. The molecule has 0 aliphatic heterocycles. The highest BCUT2D eigenvalue weighted by atomic mass is 16.4. The van der Waals surface area contributed by atoms with Crippen molar-refractivity contribution in [3.63, 3.8) is 0 Å². The molecule has 2 atom stereocenters. The number of aromatic carboxylic acids is 1. The van der Waals surface area contributed by atoms with Crippen molar-refractivity contribution in [1.82, 2.24) is 4.90 Å². The number of rotatable bonds is 5.